The summed E-state index contributed by atoms with van der Waals surface area (Å²) in [7, 11) is 0. The maximum absolute atomic E-state index is 9.78. The van der Waals surface area contributed by atoms with E-state index in [9.17, 15) is 10.2 Å². The first-order valence-electron chi connectivity index (χ1n) is 9.03. The molecule has 0 bridgehead atoms. The van der Waals surface area contributed by atoms with Gasteiger partial charge in [-0.25, -0.2) is 0 Å². The largest absolute Gasteiger partial charge is 0.389 e. The van der Waals surface area contributed by atoms with Crippen LogP contribution in [-0.4, -0.2) is 22.4 Å². The second-order valence-corrected chi connectivity index (χ2v) is 5.61. The van der Waals surface area contributed by atoms with Crippen LogP contribution in [-0.2, 0) is 0 Å². The van der Waals surface area contributed by atoms with E-state index in [2.05, 4.69) is 38.2 Å². The van der Waals surface area contributed by atoms with E-state index in [-0.39, 0.29) is 0 Å². The van der Waals surface area contributed by atoms with E-state index in [1.807, 2.05) is 36.5 Å². The van der Waals surface area contributed by atoms with Crippen molar-refractivity contribution in [2.75, 3.05) is 0 Å². The summed E-state index contributed by atoms with van der Waals surface area (Å²) >= 11 is 0. The van der Waals surface area contributed by atoms with Crippen LogP contribution in [0.25, 0.3) is 0 Å². The Kier molecular flexibility index (Phi) is 16.5. The first-order valence-corrected chi connectivity index (χ1v) is 9.03. The molecule has 0 heterocycles. The summed E-state index contributed by atoms with van der Waals surface area (Å²) in [5.41, 5.74) is 0. The molecule has 0 aromatic carbocycles. The molecule has 2 N–H and O–H groups in total. The number of aliphatic hydroxyl groups excluding tert-OH is 2. The third-order valence-corrected chi connectivity index (χ3v) is 3.22. The van der Waals surface area contributed by atoms with Crippen molar-refractivity contribution in [1.82, 2.24) is 0 Å². The monoisotopic (exact) mass is 330 g/mol. The average molecular weight is 331 g/mol. The van der Waals surface area contributed by atoms with Crippen molar-refractivity contribution in [2.45, 2.75) is 64.6 Å². The molecule has 0 aromatic rings. The number of unbranched alkanes of at least 4 members (excludes halogenated alkanes) is 1. The highest BCUT2D eigenvalue weighted by Gasteiger charge is 1.93. The summed E-state index contributed by atoms with van der Waals surface area (Å²) in [4.78, 5) is 0. The van der Waals surface area contributed by atoms with Crippen molar-refractivity contribution in [3.8, 4) is 0 Å². The van der Waals surface area contributed by atoms with E-state index < -0.39 is 12.2 Å². The molecule has 2 nitrogen and oxygen atoms in total. The van der Waals surface area contributed by atoms with Crippen molar-refractivity contribution in [3.63, 3.8) is 0 Å². The summed E-state index contributed by atoms with van der Waals surface area (Å²) in [6.45, 7) is 4.25. The quantitative estimate of drug-likeness (QED) is 0.349. The average Bonchev–Trinajstić information content (AvgIpc) is 2.58. The van der Waals surface area contributed by atoms with Crippen LogP contribution in [0.5, 0.6) is 0 Å². The van der Waals surface area contributed by atoms with Crippen molar-refractivity contribution >= 4 is 0 Å². The summed E-state index contributed by atoms with van der Waals surface area (Å²) in [6, 6.07) is 0. The lowest BCUT2D eigenvalue weighted by atomic mass is 10.2. The summed E-state index contributed by atoms with van der Waals surface area (Å²) < 4.78 is 0. The zero-order valence-electron chi connectivity index (χ0n) is 15.2. The minimum Gasteiger partial charge on any atom is -0.389 e. The van der Waals surface area contributed by atoms with Crippen LogP contribution in [0.2, 0.25) is 0 Å². The van der Waals surface area contributed by atoms with E-state index in [0.717, 1.165) is 25.7 Å². The number of allylic oxidation sites excluding steroid dienone is 8. The van der Waals surface area contributed by atoms with Crippen LogP contribution in [0.3, 0.4) is 0 Å². The summed E-state index contributed by atoms with van der Waals surface area (Å²) in [5, 5.41) is 19.5. The van der Waals surface area contributed by atoms with Gasteiger partial charge < -0.3 is 10.2 Å². The lowest BCUT2D eigenvalue weighted by molar-refractivity contribution is 0.226. The van der Waals surface area contributed by atoms with Crippen LogP contribution in [0.1, 0.15) is 52.4 Å². The molecule has 0 aromatic heterocycles. The molecular formula is C22H34O2. The summed E-state index contributed by atoms with van der Waals surface area (Å²) in [6.07, 6.45) is 27.9. The van der Waals surface area contributed by atoms with Gasteiger partial charge in [0.05, 0.1) is 12.2 Å². The number of rotatable bonds is 13. The fourth-order valence-electron chi connectivity index (χ4n) is 1.86. The third kappa shape index (κ3) is 16.7. The number of hydrogen-bond donors (Lipinski definition) is 2. The topological polar surface area (TPSA) is 40.5 Å². The predicted octanol–water partition coefficient (Wildman–Crippen LogP) is 5.43. The molecule has 24 heavy (non-hydrogen) atoms. The van der Waals surface area contributed by atoms with Crippen molar-refractivity contribution in [1.29, 1.82) is 0 Å². The molecule has 0 amide bonds. The highest BCUT2D eigenvalue weighted by Crippen LogP contribution is 2.00. The molecule has 0 aliphatic carbocycles. The van der Waals surface area contributed by atoms with E-state index in [0.29, 0.717) is 12.8 Å². The van der Waals surface area contributed by atoms with Gasteiger partial charge in [-0.2, -0.15) is 0 Å². The summed E-state index contributed by atoms with van der Waals surface area (Å²) in [5.74, 6) is 0. The van der Waals surface area contributed by atoms with Gasteiger partial charge in [-0.05, 0) is 32.1 Å². The van der Waals surface area contributed by atoms with Gasteiger partial charge in [0, 0.05) is 0 Å². The molecule has 0 fully saturated rings. The number of aliphatic hydroxyl groups is 2. The van der Waals surface area contributed by atoms with Gasteiger partial charge in [-0.1, -0.05) is 93.2 Å². The Morgan fingerprint density at radius 1 is 0.667 bits per heavy atom. The smallest absolute Gasteiger partial charge is 0.0758 e. The number of hydrogen-bond acceptors (Lipinski definition) is 2. The van der Waals surface area contributed by atoms with Gasteiger partial charge in [0.15, 0.2) is 0 Å². The Labute approximate surface area is 148 Å². The predicted molar refractivity (Wildman–Crippen MR) is 106 cm³/mol. The molecule has 0 radical (unpaired) electrons. The fourth-order valence-corrected chi connectivity index (χ4v) is 1.86. The normalized spacial score (nSPS) is 16.0. The standard InChI is InChI=1S/C22H34O2/c1-3-5-7-9-10-14-18-22(24)20-16-12-11-15-19-21(23)17-13-8-6-4-2/h5,7-8,10-16,19-24H,3-4,6,9,17-18H2,1-2H3/b7-5-,12-11+,13-8-,14-10-,19-15+,20-16-/t21-,22-/m0/s1. The fraction of sp³-hybridized carbons (Fsp3) is 0.455. The van der Waals surface area contributed by atoms with Crippen LogP contribution in [0.4, 0.5) is 0 Å². The Balaban J connectivity index is 3.89. The van der Waals surface area contributed by atoms with Gasteiger partial charge in [-0.3, -0.25) is 0 Å². The van der Waals surface area contributed by atoms with Crippen molar-refractivity contribution < 1.29 is 10.2 Å². The van der Waals surface area contributed by atoms with Gasteiger partial charge in [0.25, 0.3) is 0 Å². The molecule has 0 saturated heterocycles. The van der Waals surface area contributed by atoms with E-state index >= 15 is 0 Å². The maximum atomic E-state index is 9.78. The molecule has 0 rings (SSSR count). The van der Waals surface area contributed by atoms with Crippen molar-refractivity contribution in [2.24, 2.45) is 0 Å². The van der Waals surface area contributed by atoms with E-state index in [1.54, 1.807) is 12.2 Å². The molecule has 0 aliphatic heterocycles. The zero-order valence-corrected chi connectivity index (χ0v) is 15.2. The minimum atomic E-state index is -0.459. The van der Waals surface area contributed by atoms with Crippen LogP contribution in [0, 0.1) is 0 Å². The molecule has 2 atom stereocenters. The van der Waals surface area contributed by atoms with Crippen LogP contribution < -0.4 is 0 Å². The van der Waals surface area contributed by atoms with Gasteiger partial charge in [0.2, 0.25) is 0 Å². The molecule has 0 saturated carbocycles. The lowest BCUT2D eigenvalue weighted by Gasteiger charge is -1.99. The molecule has 0 spiro atoms. The van der Waals surface area contributed by atoms with Gasteiger partial charge in [0.1, 0.15) is 0 Å². The van der Waals surface area contributed by atoms with Crippen molar-refractivity contribution in [3.05, 3.63) is 72.9 Å². The van der Waals surface area contributed by atoms with Gasteiger partial charge >= 0.3 is 0 Å². The minimum absolute atomic E-state index is 0.441. The first kappa shape index (κ1) is 22.4. The molecule has 0 aliphatic rings. The highest BCUT2D eigenvalue weighted by molar-refractivity contribution is 5.13. The Hall–Kier alpha value is -1.64. The molecule has 0 unspecified atom stereocenters. The Morgan fingerprint density at radius 3 is 1.75 bits per heavy atom. The lowest BCUT2D eigenvalue weighted by Crippen LogP contribution is -1.98. The molecular weight excluding hydrogens is 296 g/mol. The maximum Gasteiger partial charge on any atom is 0.0758 e. The van der Waals surface area contributed by atoms with Crippen LogP contribution in [0.15, 0.2) is 72.9 Å². The third-order valence-electron chi connectivity index (χ3n) is 3.22. The molecule has 2 heteroatoms. The second-order valence-electron chi connectivity index (χ2n) is 5.61. The second kappa shape index (κ2) is 17.7. The Bertz CT molecular complexity index is 439. The van der Waals surface area contributed by atoms with E-state index in [1.165, 1.54) is 0 Å². The highest BCUT2D eigenvalue weighted by atomic mass is 16.3. The Morgan fingerprint density at radius 2 is 1.21 bits per heavy atom. The van der Waals surface area contributed by atoms with E-state index in [4.69, 9.17) is 0 Å². The SMILES string of the molecule is CC/C=C\C/C=C\C[C@H](O)\C=C/C=C/C=C/[C@@H](O)C/C=C\CCC. The van der Waals surface area contributed by atoms with Crippen LogP contribution >= 0.6 is 0 Å². The molecule has 134 valence electrons. The van der Waals surface area contributed by atoms with Gasteiger partial charge in [-0.15, -0.1) is 0 Å². The zero-order chi connectivity index (χ0) is 17.9. The first-order chi connectivity index (χ1) is 11.7.